The van der Waals surface area contributed by atoms with Crippen molar-refractivity contribution in [1.29, 1.82) is 0 Å². The van der Waals surface area contributed by atoms with E-state index in [1.807, 2.05) is 18.2 Å². The predicted octanol–water partition coefficient (Wildman–Crippen LogP) is 2.64. The van der Waals surface area contributed by atoms with Crippen LogP contribution in [0.1, 0.15) is 30.7 Å². The van der Waals surface area contributed by atoms with Gasteiger partial charge in [0.25, 0.3) is 0 Å². The molecule has 1 aliphatic carbocycles. The van der Waals surface area contributed by atoms with Crippen molar-refractivity contribution < 1.29 is 9.53 Å². The van der Waals surface area contributed by atoms with Gasteiger partial charge < -0.3 is 10.1 Å². The maximum Gasteiger partial charge on any atom is 0.158 e. The highest BCUT2D eigenvalue weighted by molar-refractivity contribution is 5.91. The van der Waals surface area contributed by atoms with Crippen molar-refractivity contribution in [2.75, 3.05) is 20.3 Å². The van der Waals surface area contributed by atoms with Gasteiger partial charge in [-0.05, 0) is 24.3 Å². The molecular weight excluding hydrogens is 238 g/mol. The van der Waals surface area contributed by atoms with Gasteiger partial charge in [-0.1, -0.05) is 30.3 Å². The van der Waals surface area contributed by atoms with E-state index in [1.165, 1.54) is 5.56 Å². The largest absolute Gasteiger partial charge is 0.388 e. The molecule has 19 heavy (non-hydrogen) atoms. The summed E-state index contributed by atoms with van der Waals surface area (Å²) in [7, 11) is 1.70. The number of hydrogen-bond donors (Lipinski definition) is 1. The molecule has 0 amide bonds. The van der Waals surface area contributed by atoms with E-state index in [4.69, 9.17) is 4.74 Å². The summed E-state index contributed by atoms with van der Waals surface area (Å²) in [5.41, 5.74) is 2.31. The molecule has 0 aliphatic heterocycles. The molecule has 0 radical (unpaired) electrons. The van der Waals surface area contributed by atoms with Gasteiger partial charge >= 0.3 is 0 Å². The number of ether oxygens (including phenoxy) is 1. The van der Waals surface area contributed by atoms with Crippen molar-refractivity contribution in [2.45, 2.75) is 25.2 Å². The van der Waals surface area contributed by atoms with E-state index in [-0.39, 0.29) is 5.78 Å². The highest BCUT2D eigenvalue weighted by Crippen LogP contribution is 2.30. The summed E-state index contributed by atoms with van der Waals surface area (Å²) in [6.45, 7) is 1.60. The van der Waals surface area contributed by atoms with E-state index < -0.39 is 0 Å². The molecule has 0 heterocycles. The fraction of sp³-hybridized carbons (Fsp3) is 0.438. The second-order valence-corrected chi connectivity index (χ2v) is 4.92. The maximum absolute atomic E-state index is 11.8. The van der Waals surface area contributed by atoms with E-state index >= 15 is 0 Å². The van der Waals surface area contributed by atoms with Gasteiger partial charge in [-0.15, -0.1) is 0 Å². The Labute approximate surface area is 114 Å². The molecule has 102 valence electrons. The van der Waals surface area contributed by atoms with Crippen LogP contribution in [0.5, 0.6) is 0 Å². The van der Waals surface area contributed by atoms with Crippen LogP contribution in [-0.2, 0) is 9.53 Å². The Balaban J connectivity index is 1.93. The van der Waals surface area contributed by atoms with Crippen LogP contribution in [0.15, 0.2) is 42.1 Å². The van der Waals surface area contributed by atoms with E-state index in [0.717, 1.165) is 31.7 Å². The van der Waals surface area contributed by atoms with Gasteiger partial charge in [-0.3, -0.25) is 4.79 Å². The molecular formula is C16H21NO2. The second-order valence-electron chi connectivity index (χ2n) is 4.92. The minimum atomic E-state index is 0.217. The standard InChI is InChI=1S/C16H21NO2/c1-19-9-5-8-17-15-10-14(11-16(18)12-15)13-6-3-2-4-7-13/h2-4,6-7,12,14,17H,5,8-11H2,1H3. The molecule has 2 rings (SSSR count). The number of ketones is 1. The third kappa shape index (κ3) is 4.21. The van der Waals surface area contributed by atoms with E-state index in [9.17, 15) is 4.79 Å². The van der Waals surface area contributed by atoms with Crippen LogP contribution in [0.4, 0.5) is 0 Å². The number of allylic oxidation sites excluding steroid dienone is 2. The number of nitrogens with one attached hydrogen (secondary N) is 1. The molecule has 1 aromatic rings. The van der Waals surface area contributed by atoms with Gasteiger partial charge in [0.2, 0.25) is 0 Å². The molecule has 3 nitrogen and oxygen atoms in total. The zero-order valence-corrected chi connectivity index (χ0v) is 11.4. The number of methoxy groups -OCH3 is 1. The molecule has 0 saturated heterocycles. The van der Waals surface area contributed by atoms with Crippen molar-refractivity contribution >= 4 is 5.78 Å². The van der Waals surface area contributed by atoms with Crippen LogP contribution in [0.2, 0.25) is 0 Å². The number of carbonyl (C=O) groups excluding carboxylic acids is 1. The number of benzene rings is 1. The zero-order chi connectivity index (χ0) is 13.5. The molecule has 0 bridgehead atoms. The SMILES string of the molecule is COCCCNC1=CC(=O)CC(c2ccccc2)C1. The lowest BCUT2D eigenvalue weighted by atomic mass is 9.85. The molecule has 1 aromatic carbocycles. The molecule has 0 fully saturated rings. The monoisotopic (exact) mass is 259 g/mol. The summed E-state index contributed by atoms with van der Waals surface area (Å²) in [6, 6.07) is 10.3. The lowest BCUT2D eigenvalue weighted by Crippen LogP contribution is -2.23. The summed E-state index contributed by atoms with van der Waals surface area (Å²) in [5.74, 6) is 0.526. The molecule has 1 atom stereocenters. The molecule has 3 heteroatoms. The van der Waals surface area contributed by atoms with Crippen LogP contribution in [-0.4, -0.2) is 26.0 Å². The molecule has 0 saturated carbocycles. The molecule has 0 aromatic heterocycles. The van der Waals surface area contributed by atoms with Gasteiger partial charge in [0.05, 0.1) is 0 Å². The summed E-state index contributed by atoms with van der Waals surface area (Å²) in [5, 5.41) is 3.35. The van der Waals surface area contributed by atoms with Crippen molar-refractivity contribution in [2.24, 2.45) is 0 Å². The van der Waals surface area contributed by atoms with E-state index in [0.29, 0.717) is 12.3 Å². The third-order valence-corrected chi connectivity index (χ3v) is 3.40. The maximum atomic E-state index is 11.8. The minimum absolute atomic E-state index is 0.217. The van der Waals surface area contributed by atoms with E-state index in [2.05, 4.69) is 17.4 Å². The molecule has 0 spiro atoms. The number of hydrogen-bond acceptors (Lipinski definition) is 3. The van der Waals surface area contributed by atoms with Crippen molar-refractivity contribution in [3.05, 3.63) is 47.7 Å². The smallest absolute Gasteiger partial charge is 0.158 e. The van der Waals surface area contributed by atoms with Gasteiger partial charge in [0.1, 0.15) is 0 Å². The predicted molar refractivity (Wildman–Crippen MR) is 76.0 cm³/mol. The van der Waals surface area contributed by atoms with Gasteiger partial charge in [0, 0.05) is 38.5 Å². The Hall–Kier alpha value is -1.61. The number of carbonyl (C=O) groups is 1. The third-order valence-electron chi connectivity index (χ3n) is 3.40. The lowest BCUT2D eigenvalue weighted by molar-refractivity contribution is -0.115. The second kappa shape index (κ2) is 7.10. The van der Waals surface area contributed by atoms with Gasteiger partial charge in [-0.2, -0.15) is 0 Å². The van der Waals surface area contributed by atoms with Crippen LogP contribution >= 0.6 is 0 Å². The average molecular weight is 259 g/mol. The van der Waals surface area contributed by atoms with Crippen molar-refractivity contribution in [3.8, 4) is 0 Å². The quantitative estimate of drug-likeness (QED) is 0.798. The van der Waals surface area contributed by atoms with Crippen LogP contribution in [0, 0.1) is 0 Å². The Morgan fingerprint density at radius 3 is 2.79 bits per heavy atom. The first-order chi connectivity index (χ1) is 9.29. The van der Waals surface area contributed by atoms with Crippen molar-refractivity contribution in [1.82, 2.24) is 5.32 Å². The Morgan fingerprint density at radius 2 is 2.05 bits per heavy atom. The average Bonchev–Trinajstić information content (AvgIpc) is 2.44. The minimum Gasteiger partial charge on any atom is -0.388 e. The highest BCUT2D eigenvalue weighted by Gasteiger charge is 2.21. The first-order valence-electron chi connectivity index (χ1n) is 6.80. The topological polar surface area (TPSA) is 38.3 Å². The van der Waals surface area contributed by atoms with Crippen LogP contribution in [0.3, 0.4) is 0 Å². The summed E-state index contributed by atoms with van der Waals surface area (Å²) in [4.78, 5) is 11.8. The Kier molecular flexibility index (Phi) is 5.16. The summed E-state index contributed by atoms with van der Waals surface area (Å²) < 4.78 is 5.02. The van der Waals surface area contributed by atoms with Crippen molar-refractivity contribution in [3.63, 3.8) is 0 Å². The fourth-order valence-electron chi connectivity index (χ4n) is 2.44. The summed E-state index contributed by atoms with van der Waals surface area (Å²) >= 11 is 0. The lowest BCUT2D eigenvalue weighted by Gasteiger charge is -2.23. The van der Waals surface area contributed by atoms with Crippen LogP contribution in [0.25, 0.3) is 0 Å². The van der Waals surface area contributed by atoms with Gasteiger partial charge in [0.15, 0.2) is 5.78 Å². The van der Waals surface area contributed by atoms with E-state index in [1.54, 1.807) is 13.2 Å². The Morgan fingerprint density at radius 1 is 1.26 bits per heavy atom. The molecule has 1 unspecified atom stereocenters. The first-order valence-corrected chi connectivity index (χ1v) is 6.80. The molecule has 1 N–H and O–H groups in total. The normalized spacial score (nSPS) is 19.1. The molecule has 1 aliphatic rings. The zero-order valence-electron chi connectivity index (χ0n) is 11.4. The first kappa shape index (κ1) is 13.8. The van der Waals surface area contributed by atoms with Gasteiger partial charge in [-0.25, -0.2) is 0 Å². The highest BCUT2D eigenvalue weighted by atomic mass is 16.5. The Bertz CT molecular complexity index is 439. The fourth-order valence-corrected chi connectivity index (χ4v) is 2.44. The van der Waals surface area contributed by atoms with Crippen LogP contribution < -0.4 is 5.32 Å². The summed E-state index contributed by atoms with van der Waals surface area (Å²) in [6.07, 6.45) is 4.25. The number of rotatable bonds is 6.